The molecule has 2 aromatic heterocycles. The maximum atomic E-state index is 14.8. The number of aromatic nitrogens is 1. The highest BCUT2D eigenvalue weighted by atomic mass is 32.1. The number of fused-ring (bicyclic) bond motifs is 1. The van der Waals surface area contributed by atoms with Gasteiger partial charge in [0.05, 0.1) is 29.3 Å². The predicted molar refractivity (Wildman–Crippen MR) is 93.3 cm³/mol. The van der Waals surface area contributed by atoms with Gasteiger partial charge in [0.2, 0.25) is 0 Å². The first-order valence-corrected chi connectivity index (χ1v) is 8.38. The molecule has 0 aliphatic rings. The van der Waals surface area contributed by atoms with E-state index in [1.165, 1.54) is 36.0 Å². The van der Waals surface area contributed by atoms with E-state index >= 15 is 0 Å². The van der Waals surface area contributed by atoms with Gasteiger partial charge in [0.25, 0.3) is 5.91 Å². The van der Waals surface area contributed by atoms with E-state index in [9.17, 15) is 14.0 Å². The lowest BCUT2D eigenvalue weighted by Gasteiger charge is -2.06. The van der Waals surface area contributed by atoms with Crippen molar-refractivity contribution in [3.8, 4) is 11.5 Å². The van der Waals surface area contributed by atoms with Crippen LogP contribution in [0.4, 0.5) is 4.39 Å². The summed E-state index contributed by atoms with van der Waals surface area (Å²) in [5.41, 5.74) is 1.17. The molecule has 0 atom stereocenters. The van der Waals surface area contributed by atoms with Gasteiger partial charge in [-0.15, -0.1) is 11.3 Å². The Hall–Kier alpha value is -2.67. The molecule has 0 spiro atoms. The molecule has 5 nitrogen and oxygen atoms in total. The van der Waals surface area contributed by atoms with E-state index in [-0.39, 0.29) is 22.8 Å². The van der Waals surface area contributed by atoms with Crippen molar-refractivity contribution >= 4 is 34.1 Å². The minimum Gasteiger partial charge on any atom is -0.494 e. The predicted octanol–water partition coefficient (Wildman–Crippen LogP) is 4.08. The summed E-state index contributed by atoms with van der Waals surface area (Å²) in [5.74, 6) is -1.54. The minimum atomic E-state index is -0.674. The monoisotopic (exact) mass is 361 g/mol. The van der Waals surface area contributed by atoms with Crippen molar-refractivity contribution in [3.05, 3.63) is 45.5 Å². The fraction of sp³-hybridized carbons (Fsp3) is 0.222. The Morgan fingerprint density at radius 2 is 1.96 bits per heavy atom. The Kier molecular flexibility index (Phi) is 4.34. The van der Waals surface area contributed by atoms with Gasteiger partial charge in [-0.1, -0.05) is 0 Å². The zero-order valence-corrected chi connectivity index (χ0v) is 15.0. The SMILES string of the molecule is COc1ccc2c(c1F)c(OC(C)=O)c(C)n2C(=O)c1csc(C)c1. The van der Waals surface area contributed by atoms with Crippen molar-refractivity contribution < 1.29 is 23.5 Å². The lowest BCUT2D eigenvalue weighted by atomic mass is 10.2. The summed E-state index contributed by atoms with van der Waals surface area (Å²) < 4.78 is 26.4. The highest BCUT2D eigenvalue weighted by Crippen LogP contribution is 2.38. The minimum absolute atomic E-state index is 0.0110. The molecule has 0 saturated carbocycles. The summed E-state index contributed by atoms with van der Waals surface area (Å²) in [7, 11) is 1.35. The van der Waals surface area contributed by atoms with Crippen molar-refractivity contribution in [1.82, 2.24) is 4.57 Å². The van der Waals surface area contributed by atoms with Crippen LogP contribution in [-0.2, 0) is 4.79 Å². The molecule has 130 valence electrons. The van der Waals surface area contributed by atoms with Crippen LogP contribution in [0.2, 0.25) is 0 Å². The molecule has 3 aromatic rings. The van der Waals surface area contributed by atoms with E-state index in [2.05, 4.69) is 0 Å². The summed E-state index contributed by atoms with van der Waals surface area (Å²) in [6.45, 7) is 4.74. The van der Waals surface area contributed by atoms with Crippen LogP contribution in [0, 0.1) is 19.7 Å². The van der Waals surface area contributed by atoms with Crippen LogP contribution in [0.1, 0.15) is 27.9 Å². The van der Waals surface area contributed by atoms with Crippen LogP contribution in [0.25, 0.3) is 10.9 Å². The van der Waals surface area contributed by atoms with E-state index in [0.717, 1.165) is 4.88 Å². The number of methoxy groups -OCH3 is 1. The average Bonchev–Trinajstić information content (AvgIpc) is 3.10. The van der Waals surface area contributed by atoms with Crippen LogP contribution in [-0.4, -0.2) is 23.6 Å². The standard InChI is InChI=1S/C18H16FNO4S/c1-9-7-12(8-25-9)18(22)20-10(2)17(24-11(3)21)15-13(20)5-6-14(23-4)16(15)19/h5-8H,1-4H3. The lowest BCUT2D eigenvalue weighted by molar-refractivity contribution is -0.131. The summed E-state index contributed by atoms with van der Waals surface area (Å²) >= 11 is 1.45. The number of aryl methyl sites for hydroxylation is 1. The second-order valence-corrected chi connectivity index (χ2v) is 6.69. The molecule has 0 aliphatic carbocycles. The van der Waals surface area contributed by atoms with Crippen LogP contribution in [0.3, 0.4) is 0 Å². The molecule has 25 heavy (non-hydrogen) atoms. The first-order chi connectivity index (χ1) is 11.8. The first-order valence-electron chi connectivity index (χ1n) is 7.51. The van der Waals surface area contributed by atoms with E-state index in [0.29, 0.717) is 16.8 Å². The van der Waals surface area contributed by atoms with Crippen molar-refractivity contribution in [3.63, 3.8) is 0 Å². The molecule has 0 unspecified atom stereocenters. The van der Waals surface area contributed by atoms with Crippen LogP contribution >= 0.6 is 11.3 Å². The molecule has 3 rings (SSSR count). The van der Waals surface area contributed by atoms with E-state index < -0.39 is 11.8 Å². The van der Waals surface area contributed by atoms with E-state index in [4.69, 9.17) is 9.47 Å². The number of carbonyl (C=O) groups excluding carboxylic acids is 2. The second kappa shape index (κ2) is 6.33. The van der Waals surface area contributed by atoms with Gasteiger partial charge in [0.1, 0.15) is 0 Å². The molecular weight excluding hydrogens is 345 g/mol. The molecule has 0 amide bonds. The summed E-state index contributed by atoms with van der Waals surface area (Å²) in [6.07, 6.45) is 0. The molecular formula is C18H16FNO4S. The third kappa shape index (κ3) is 2.80. The molecule has 7 heteroatoms. The number of benzene rings is 1. The second-order valence-electron chi connectivity index (χ2n) is 5.57. The van der Waals surface area contributed by atoms with Gasteiger partial charge in [0.15, 0.2) is 17.3 Å². The maximum Gasteiger partial charge on any atom is 0.308 e. The van der Waals surface area contributed by atoms with Crippen molar-refractivity contribution in [2.45, 2.75) is 20.8 Å². The fourth-order valence-electron chi connectivity index (χ4n) is 2.78. The third-order valence-corrected chi connectivity index (χ3v) is 4.72. The topological polar surface area (TPSA) is 57.5 Å². The number of carbonyl (C=O) groups is 2. The normalized spacial score (nSPS) is 10.9. The van der Waals surface area contributed by atoms with E-state index in [1.807, 2.05) is 6.92 Å². The summed E-state index contributed by atoms with van der Waals surface area (Å²) in [4.78, 5) is 25.4. The third-order valence-electron chi connectivity index (χ3n) is 3.86. The number of hydrogen-bond donors (Lipinski definition) is 0. The molecule has 1 aromatic carbocycles. The Morgan fingerprint density at radius 3 is 2.52 bits per heavy atom. The number of rotatable bonds is 3. The summed E-state index contributed by atoms with van der Waals surface area (Å²) in [5, 5.41) is 1.79. The fourth-order valence-corrected chi connectivity index (χ4v) is 3.46. The number of halogens is 1. The van der Waals surface area contributed by atoms with Gasteiger partial charge in [-0.2, -0.15) is 0 Å². The molecule has 0 saturated heterocycles. The van der Waals surface area contributed by atoms with Crippen LogP contribution in [0.5, 0.6) is 11.5 Å². The largest absolute Gasteiger partial charge is 0.494 e. The van der Waals surface area contributed by atoms with Gasteiger partial charge in [-0.3, -0.25) is 14.2 Å². The number of nitrogens with zero attached hydrogens (tertiary/aromatic N) is 1. The number of hydrogen-bond acceptors (Lipinski definition) is 5. The molecule has 0 aliphatic heterocycles. The van der Waals surface area contributed by atoms with Gasteiger partial charge in [-0.05, 0) is 32.0 Å². The van der Waals surface area contributed by atoms with Gasteiger partial charge in [0, 0.05) is 17.2 Å². The van der Waals surface area contributed by atoms with Crippen molar-refractivity contribution in [1.29, 1.82) is 0 Å². The molecule has 0 N–H and O–H groups in total. The Balaban J connectivity index is 2.32. The smallest absolute Gasteiger partial charge is 0.308 e. The highest BCUT2D eigenvalue weighted by molar-refractivity contribution is 7.10. The van der Waals surface area contributed by atoms with Crippen LogP contribution < -0.4 is 9.47 Å². The Bertz CT molecular complexity index is 1000. The Morgan fingerprint density at radius 1 is 1.24 bits per heavy atom. The number of ether oxygens (including phenoxy) is 2. The van der Waals surface area contributed by atoms with Gasteiger partial charge < -0.3 is 9.47 Å². The van der Waals surface area contributed by atoms with Gasteiger partial charge in [-0.25, -0.2) is 4.39 Å². The number of thiophene rings is 1. The van der Waals surface area contributed by atoms with Crippen LogP contribution in [0.15, 0.2) is 23.6 Å². The average molecular weight is 361 g/mol. The Labute approximate surface area is 147 Å². The van der Waals surface area contributed by atoms with Crippen molar-refractivity contribution in [2.75, 3.05) is 7.11 Å². The maximum absolute atomic E-state index is 14.8. The molecule has 0 radical (unpaired) electrons. The zero-order chi connectivity index (χ0) is 18.3. The summed E-state index contributed by atoms with van der Waals surface area (Å²) in [6, 6.07) is 4.79. The highest BCUT2D eigenvalue weighted by Gasteiger charge is 2.26. The quantitative estimate of drug-likeness (QED) is 0.660. The van der Waals surface area contributed by atoms with Crippen molar-refractivity contribution in [2.24, 2.45) is 0 Å². The van der Waals surface area contributed by atoms with E-state index in [1.54, 1.807) is 24.4 Å². The number of esters is 1. The molecule has 0 fully saturated rings. The molecule has 0 bridgehead atoms. The lowest BCUT2D eigenvalue weighted by Crippen LogP contribution is -2.13. The zero-order valence-electron chi connectivity index (χ0n) is 14.2. The first kappa shape index (κ1) is 17.2. The molecule has 2 heterocycles. The van der Waals surface area contributed by atoms with Gasteiger partial charge >= 0.3 is 5.97 Å².